The number of nitrogens with one attached hydrogen (secondary N) is 1. The molecule has 0 aliphatic heterocycles. The Morgan fingerprint density at radius 3 is 2.33 bits per heavy atom. The lowest BCUT2D eigenvalue weighted by Crippen LogP contribution is -2.11. The summed E-state index contributed by atoms with van der Waals surface area (Å²) in [6.07, 6.45) is -6.25. The molecule has 0 unspecified atom stereocenters. The maximum atomic E-state index is 13.2. The van der Waals surface area contributed by atoms with Crippen molar-refractivity contribution < 1.29 is 31.6 Å². The fraction of sp³-hybridized carbons (Fsp3) is 0.211. The predicted octanol–water partition coefficient (Wildman–Crippen LogP) is 5.51. The number of alkyl halides is 4. The standard InChI is InChI=1S/C19H14ClF4N3O3/c1-9(28)10-2-4-11(5-3-10)25-19(29)13-7-6-12(30-13)8-27-16(18(23)24)14(20)15(26-27)17(21)22/h2-7,17-18H,8H2,1H3,(H,25,29). The molecule has 1 amide bonds. The van der Waals surface area contributed by atoms with Crippen molar-refractivity contribution in [2.45, 2.75) is 26.3 Å². The third-order valence-electron chi connectivity index (χ3n) is 4.11. The van der Waals surface area contributed by atoms with E-state index in [4.69, 9.17) is 16.0 Å². The first kappa shape index (κ1) is 21.6. The molecule has 11 heteroatoms. The van der Waals surface area contributed by atoms with Crippen molar-refractivity contribution in [1.82, 2.24) is 9.78 Å². The van der Waals surface area contributed by atoms with Crippen LogP contribution in [-0.2, 0) is 6.54 Å². The lowest BCUT2D eigenvalue weighted by Gasteiger charge is -2.06. The van der Waals surface area contributed by atoms with Crippen LogP contribution in [0.3, 0.4) is 0 Å². The molecule has 1 N–H and O–H groups in total. The van der Waals surface area contributed by atoms with Crippen molar-refractivity contribution in [3.8, 4) is 0 Å². The van der Waals surface area contributed by atoms with Gasteiger partial charge >= 0.3 is 0 Å². The van der Waals surface area contributed by atoms with Crippen LogP contribution in [0.5, 0.6) is 0 Å². The molecule has 2 heterocycles. The molecular weight excluding hydrogens is 430 g/mol. The van der Waals surface area contributed by atoms with Crippen LogP contribution in [-0.4, -0.2) is 21.5 Å². The van der Waals surface area contributed by atoms with Crippen molar-refractivity contribution in [2.24, 2.45) is 0 Å². The van der Waals surface area contributed by atoms with Gasteiger partial charge in [-0.15, -0.1) is 0 Å². The third kappa shape index (κ3) is 4.54. The highest BCUT2D eigenvalue weighted by atomic mass is 35.5. The van der Waals surface area contributed by atoms with E-state index in [1.54, 1.807) is 12.1 Å². The van der Waals surface area contributed by atoms with Gasteiger partial charge in [-0.25, -0.2) is 17.6 Å². The molecule has 0 saturated heterocycles. The van der Waals surface area contributed by atoms with E-state index in [-0.39, 0.29) is 17.3 Å². The van der Waals surface area contributed by atoms with E-state index in [9.17, 15) is 27.2 Å². The van der Waals surface area contributed by atoms with Gasteiger partial charge in [0.2, 0.25) is 0 Å². The highest BCUT2D eigenvalue weighted by Gasteiger charge is 2.28. The summed E-state index contributed by atoms with van der Waals surface area (Å²) in [6.45, 7) is 0.987. The molecule has 1 aromatic carbocycles. The van der Waals surface area contributed by atoms with Gasteiger partial charge in [-0.1, -0.05) is 11.6 Å². The molecule has 158 valence electrons. The van der Waals surface area contributed by atoms with Gasteiger partial charge in [0.05, 0.1) is 11.6 Å². The average molecular weight is 444 g/mol. The highest BCUT2D eigenvalue weighted by Crippen LogP contribution is 2.35. The van der Waals surface area contributed by atoms with Crippen molar-refractivity contribution >= 4 is 29.0 Å². The first-order valence-electron chi connectivity index (χ1n) is 8.50. The summed E-state index contributed by atoms with van der Waals surface area (Å²) in [7, 11) is 0. The molecule has 0 atom stereocenters. The molecule has 30 heavy (non-hydrogen) atoms. The van der Waals surface area contributed by atoms with Crippen molar-refractivity contribution in [3.63, 3.8) is 0 Å². The van der Waals surface area contributed by atoms with Gasteiger partial charge in [0.1, 0.15) is 17.1 Å². The molecule has 3 rings (SSSR count). The summed E-state index contributed by atoms with van der Waals surface area (Å²) in [5.41, 5.74) is -0.932. The smallest absolute Gasteiger partial charge is 0.291 e. The number of amides is 1. The number of aromatic nitrogens is 2. The zero-order chi connectivity index (χ0) is 22.0. The van der Waals surface area contributed by atoms with Gasteiger partial charge in [0, 0.05) is 11.3 Å². The molecule has 0 fully saturated rings. The van der Waals surface area contributed by atoms with Crippen molar-refractivity contribution in [3.05, 3.63) is 69.9 Å². The van der Waals surface area contributed by atoms with Gasteiger partial charge in [-0.3, -0.25) is 14.3 Å². The van der Waals surface area contributed by atoms with E-state index in [2.05, 4.69) is 10.4 Å². The zero-order valence-electron chi connectivity index (χ0n) is 15.3. The second-order valence-corrected chi connectivity index (χ2v) is 6.58. The Balaban J connectivity index is 1.76. The quantitative estimate of drug-likeness (QED) is 0.386. The molecule has 0 spiro atoms. The number of hydrogen-bond donors (Lipinski definition) is 1. The van der Waals surface area contributed by atoms with Gasteiger partial charge in [0.25, 0.3) is 18.8 Å². The topological polar surface area (TPSA) is 77.1 Å². The Labute approximate surface area is 172 Å². The number of nitrogens with zero attached hydrogens (tertiary/aromatic N) is 2. The van der Waals surface area contributed by atoms with Crippen LogP contribution in [0.15, 0.2) is 40.8 Å². The number of hydrogen-bond acceptors (Lipinski definition) is 4. The molecule has 0 aliphatic carbocycles. The maximum absolute atomic E-state index is 13.2. The Bertz CT molecular complexity index is 1080. The molecule has 2 aromatic heterocycles. The second kappa shape index (κ2) is 8.70. The van der Waals surface area contributed by atoms with Crippen molar-refractivity contribution in [1.29, 1.82) is 0 Å². The van der Waals surface area contributed by atoms with Crippen LogP contribution in [0, 0.1) is 0 Å². The van der Waals surface area contributed by atoms with Gasteiger partial charge in [-0.2, -0.15) is 5.10 Å². The van der Waals surface area contributed by atoms with Crippen LogP contribution in [0.4, 0.5) is 23.2 Å². The van der Waals surface area contributed by atoms with E-state index < -0.39 is 41.7 Å². The molecule has 0 aliphatic rings. The summed E-state index contributed by atoms with van der Waals surface area (Å²) in [4.78, 5) is 23.6. The summed E-state index contributed by atoms with van der Waals surface area (Å²) in [5.74, 6) is -0.848. The first-order chi connectivity index (χ1) is 14.2. The largest absolute Gasteiger partial charge is 0.454 e. The number of ketones is 1. The Morgan fingerprint density at radius 2 is 1.77 bits per heavy atom. The van der Waals surface area contributed by atoms with Crippen LogP contribution in [0.1, 0.15) is 57.8 Å². The fourth-order valence-corrected chi connectivity index (χ4v) is 2.95. The average Bonchev–Trinajstić information content (AvgIpc) is 3.27. The number of carbonyl (C=O) groups excluding carboxylic acids is 2. The Morgan fingerprint density at radius 1 is 1.10 bits per heavy atom. The Kier molecular flexibility index (Phi) is 6.25. The van der Waals surface area contributed by atoms with Crippen LogP contribution < -0.4 is 5.32 Å². The lowest BCUT2D eigenvalue weighted by molar-refractivity contribution is 0.0992. The molecule has 3 aromatic rings. The number of furan rings is 1. The third-order valence-corrected chi connectivity index (χ3v) is 4.50. The van der Waals surface area contributed by atoms with Crippen LogP contribution >= 0.6 is 11.6 Å². The van der Waals surface area contributed by atoms with Crippen LogP contribution in [0.25, 0.3) is 0 Å². The minimum absolute atomic E-state index is 0.0361. The molecule has 0 bridgehead atoms. The van der Waals surface area contributed by atoms with E-state index in [1.165, 1.54) is 31.2 Å². The summed E-state index contributed by atoms with van der Waals surface area (Å²) in [6, 6.07) is 8.78. The summed E-state index contributed by atoms with van der Waals surface area (Å²) in [5, 5.41) is 5.18. The fourth-order valence-electron chi connectivity index (χ4n) is 2.65. The predicted molar refractivity (Wildman–Crippen MR) is 99.4 cm³/mol. The maximum Gasteiger partial charge on any atom is 0.291 e. The number of halogens is 5. The SMILES string of the molecule is CC(=O)c1ccc(NC(=O)c2ccc(Cn3nc(C(F)F)c(Cl)c3C(F)F)o2)cc1. The summed E-state index contributed by atoms with van der Waals surface area (Å²) < 4.78 is 58.2. The monoisotopic (exact) mass is 443 g/mol. The van der Waals surface area contributed by atoms with E-state index in [1.807, 2.05) is 0 Å². The highest BCUT2D eigenvalue weighted by molar-refractivity contribution is 6.32. The van der Waals surface area contributed by atoms with Crippen LogP contribution in [0.2, 0.25) is 5.02 Å². The van der Waals surface area contributed by atoms with Gasteiger partial charge < -0.3 is 9.73 Å². The van der Waals surface area contributed by atoms with Gasteiger partial charge in [-0.05, 0) is 43.3 Å². The second-order valence-electron chi connectivity index (χ2n) is 6.20. The minimum Gasteiger partial charge on any atom is -0.454 e. The number of Topliss-reactive ketones (excluding diaryl/α,β-unsaturated/α-hetero) is 1. The first-order valence-corrected chi connectivity index (χ1v) is 8.88. The number of rotatable bonds is 7. The van der Waals surface area contributed by atoms with E-state index in [0.717, 1.165) is 0 Å². The molecular formula is C19H14ClF4N3O3. The van der Waals surface area contributed by atoms with E-state index in [0.29, 0.717) is 15.9 Å². The minimum atomic E-state index is -3.13. The number of benzene rings is 1. The Hall–Kier alpha value is -3.14. The van der Waals surface area contributed by atoms with Crippen molar-refractivity contribution in [2.75, 3.05) is 5.32 Å². The normalized spacial score (nSPS) is 11.3. The number of carbonyl (C=O) groups is 2. The number of anilines is 1. The van der Waals surface area contributed by atoms with Gasteiger partial charge in [0.15, 0.2) is 11.5 Å². The lowest BCUT2D eigenvalue weighted by atomic mass is 10.1. The molecule has 0 radical (unpaired) electrons. The molecule has 6 nitrogen and oxygen atoms in total. The molecule has 0 saturated carbocycles. The zero-order valence-corrected chi connectivity index (χ0v) is 16.1. The summed E-state index contributed by atoms with van der Waals surface area (Å²) >= 11 is 5.60. The van der Waals surface area contributed by atoms with E-state index >= 15 is 0 Å².